The van der Waals surface area contributed by atoms with Crippen LogP contribution in [-0.4, -0.2) is 32.2 Å². The van der Waals surface area contributed by atoms with Gasteiger partial charge in [-0.1, -0.05) is 35.5 Å². The molecular formula is C17H18ClN7OS2. The Labute approximate surface area is 175 Å². The number of nitrogens with two attached hydrogens (primary N) is 1. The standard InChI is InChI=1S/C17H18ClN7OS2/c1-10-5-6-12(18)8-13(10)20-15(26)9-28-17-24-23-16(25(17)19)22-21-11(2)14-4-3-7-27-14/h3-8H,9,19H2,1-2H3,(H,20,26)(H,22,23)/b21-11+. The number of nitrogens with zero attached hydrogens (tertiary/aromatic N) is 4. The number of hydrogen-bond acceptors (Lipinski definition) is 8. The lowest BCUT2D eigenvalue weighted by Crippen LogP contribution is -2.17. The lowest BCUT2D eigenvalue weighted by atomic mass is 10.2. The molecule has 1 amide bonds. The molecule has 2 aromatic heterocycles. The molecule has 0 saturated heterocycles. The summed E-state index contributed by atoms with van der Waals surface area (Å²) in [5.41, 5.74) is 5.20. The number of amides is 1. The van der Waals surface area contributed by atoms with E-state index in [4.69, 9.17) is 17.4 Å². The minimum atomic E-state index is -0.195. The van der Waals surface area contributed by atoms with Crippen molar-refractivity contribution in [1.82, 2.24) is 14.9 Å². The number of aryl methyl sites for hydroxylation is 1. The second-order valence-electron chi connectivity index (χ2n) is 5.76. The Hall–Kier alpha value is -2.56. The molecule has 0 saturated carbocycles. The smallest absolute Gasteiger partial charge is 0.264 e. The molecule has 0 atom stereocenters. The highest BCUT2D eigenvalue weighted by Crippen LogP contribution is 2.22. The van der Waals surface area contributed by atoms with E-state index in [1.807, 2.05) is 37.4 Å². The minimum Gasteiger partial charge on any atom is -0.334 e. The number of halogens is 1. The molecule has 0 unspecified atom stereocenters. The van der Waals surface area contributed by atoms with Crippen LogP contribution in [0.5, 0.6) is 0 Å². The van der Waals surface area contributed by atoms with Gasteiger partial charge in [0.1, 0.15) is 0 Å². The quantitative estimate of drug-likeness (QED) is 0.226. The molecule has 28 heavy (non-hydrogen) atoms. The average molecular weight is 436 g/mol. The maximum atomic E-state index is 12.2. The summed E-state index contributed by atoms with van der Waals surface area (Å²) in [7, 11) is 0. The summed E-state index contributed by atoms with van der Waals surface area (Å²) in [6.45, 7) is 3.78. The Morgan fingerprint density at radius 1 is 1.39 bits per heavy atom. The van der Waals surface area contributed by atoms with Gasteiger partial charge < -0.3 is 11.2 Å². The molecule has 1 aromatic carbocycles. The number of thiophene rings is 1. The number of nitrogens with one attached hydrogen (secondary N) is 2. The summed E-state index contributed by atoms with van der Waals surface area (Å²) in [4.78, 5) is 13.2. The van der Waals surface area contributed by atoms with E-state index in [1.54, 1.807) is 23.5 Å². The van der Waals surface area contributed by atoms with E-state index in [0.717, 1.165) is 16.2 Å². The van der Waals surface area contributed by atoms with Crippen LogP contribution in [0.4, 0.5) is 11.6 Å². The van der Waals surface area contributed by atoms with Crippen LogP contribution in [0.3, 0.4) is 0 Å². The highest BCUT2D eigenvalue weighted by atomic mass is 35.5. The zero-order valence-electron chi connectivity index (χ0n) is 15.1. The maximum absolute atomic E-state index is 12.2. The van der Waals surface area contributed by atoms with E-state index in [2.05, 4.69) is 26.0 Å². The van der Waals surface area contributed by atoms with E-state index in [9.17, 15) is 4.79 Å². The van der Waals surface area contributed by atoms with Gasteiger partial charge in [0, 0.05) is 15.6 Å². The van der Waals surface area contributed by atoms with Crippen LogP contribution in [0.1, 0.15) is 17.4 Å². The number of aromatic nitrogens is 3. The zero-order chi connectivity index (χ0) is 20.1. The first-order valence-electron chi connectivity index (χ1n) is 8.17. The lowest BCUT2D eigenvalue weighted by Gasteiger charge is -2.08. The fourth-order valence-electron chi connectivity index (χ4n) is 2.17. The summed E-state index contributed by atoms with van der Waals surface area (Å²) in [5.74, 6) is 6.19. The van der Waals surface area contributed by atoms with Crippen LogP contribution in [0.25, 0.3) is 0 Å². The van der Waals surface area contributed by atoms with E-state index >= 15 is 0 Å². The first-order chi connectivity index (χ1) is 13.4. The minimum absolute atomic E-state index is 0.124. The molecular weight excluding hydrogens is 418 g/mol. The Balaban J connectivity index is 1.57. The third kappa shape index (κ3) is 5.03. The van der Waals surface area contributed by atoms with Crippen molar-refractivity contribution in [1.29, 1.82) is 0 Å². The Bertz CT molecular complexity index is 1000. The van der Waals surface area contributed by atoms with Gasteiger partial charge in [0.2, 0.25) is 11.1 Å². The first-order valence-corrected chi connectivity index (χ1v) is 10.4. The number of thioether (sulfide) groups is 1. The first kappa shape index (κ1) is 20.2. The van der Waals surface area contributed by atoms with E-state index in [-0.39, 0.29) is 17.6 Å². The van der Waals surface area contributed by atoms with Gasteiger partial charge in [-0.3, -0.25) is 4.79 Å². The molecule has 0 spiro atoms. The third-order valence-electron chi connectivity index (χ3n) is 3.67. The SMILES string of the molecule is C/C(=N\Nc1nnc(SCC(=O)Nc2cc(Cl)ccc2C)n1N)c1cccs1. The molecule has 146 valence electrons. The molecule has 3 rings (SSSR count). The number of hydrazone groups is 1. The van der Waals surface area contributed by atoms with Crippen LogP contribution >= 0.6 is 34.7 Å². The van der Waals surface area contributed by atoms with E-state index in [1.165, 1.54) is 16.4 Å². The predicted octanol–water partition coefficient (Wildman–Crippen LogP) is 3.58. The van der Waals surface area contributed by atoms with Gasteiger partial charge in [-0.05, 0) is 43.0 Å². The zero-order valence-corrected chi connectivity index (χ0v) is 17.5. The Kier molecular flexibility index (Phi) is 6.55. The molecule has 0 radical (unpaired) electrons. The summed E-state index contributed by atoms with van der Waals surface area (Å²) in [5, 5.41) is 18.0. The predicted molar refractivity (Wildman–Crippen MR) is 116 cm³/mol. The number of anilines is 2. The lowest BCUT2D eigenvalue weighted by molar-refractivity contribution is -0.113. The molecule has 3 aromatic rings. The van der Waals surface area contributed by atoms with Gasteiger partial charge in [-0.2, -0.15) is 5.10 Å². The van der Waals surface area contributed by atoms with Crippen molar-refractivity contribution in [2.75, 3.05) is 22.3 Å². The second-order valence-corrected chi connectivity index (χ2v) is 8.09. The van der Waals surface area contributed by atoms with Gasteiger partial charge in [0.05, 0.1) is 11.5 Å². The third-order valence-corrected chi connectivity index (χ3v) is 5.83. The van der Waals surface area contributed by atoms with Gasteiger partial charge in [0.15, 0.2) is 0 Å². The van der Waals surface area contributed by atoms with Crippen molar-refractivity contribution in [2.45, 2.75) is 19.0 Å². The number of hydrogen-bond donors (Lipinski definition) is 3. The van der Waals surface area contributed by atoms with Crippen LogP contribution in [-0.2, 0) is 4.79 Å². The van der Waals surface area contributed by atoms with Gasteiger partial charge in [-0.15, -0.1) is 21.5 Å². The molecule has 0 aliphatic carbocycles. The Morgan fingerprint density at radius 2 is 2.21 bits per heavy atom. The summed E-state index contributed by atoms with van der Waals surface area (Å²) in [6, 6.07) is 9.25. The van der Waals surface area contributed by atoms with Crippen molar-refractivity contribution in [3.8, 4) is 0 Å². The summed E-state index contributed by atoms with van der Waals surface area (Å²) >= 11 is 8.73. The molecule has 11 heteroatoms. The molecule has 0 aliphatic rings. The topological polar surface area (TPSA) is 110 Å². The van der Waals surface area contributed by atoms with E-state index < -0.39 is 0 Å². The monoisotopic (exact) mass is 435 g/mol. The van der Waals surface area contributed by atoms with Gasteiger partial charge >= 0.3 is 0 Å². The number of nitrogen functional groups attached to an aromatic ring is 1. The maximum Gasteiger partial charge on any atom is 0.264 e. The molecule has 0 fully saturated rings. The van der Waals surface area contributed by atoms with Crippen molar-refractivity contribution >= 4 is 58.0 Å². The average Bonchev–Trinajstić information content (AvgIpc) is 3.32. The van der Waals surface area contributed by atoms with Gasteiger partial charge in [0.25, 0.3) is 5.95 Å². The number of carbonyl (C=O) groups is 1. The van der Waals surface area contributed by atoms with Crippen molar-refractivity contribution in [3.05, 3.63) is 51.2 Å². The number of carbonyl (C=O) groups excluding carboxylic acids is 1. The van der Waals surface area contributed by atoms with Crippen LogP contribution in [0.15, 0.2) is 46.0 Å². The molecule has 2 heterocycles. The van der Waals surface area contributed by atoms with Crippen molar-refractivity contribution in [3.63, 3.8) is 0 Å². The highest BCUT2D eigenvalue weighted by Gasteiger charge is 2.13. The summed E-state index contributed by atoms with van der Waals surface area (Å²) < 4.78 is 1.26. The number of benzene rings is 1. The van der Waals surface area contributed by atoms with Crippen LogP contribution < -0.4 is 16.6 Å². The molecule has 0 aliphatic heterocycles. The van der Waals surface area contributed by atoms with Crippen molar-refractivity contribution in [2.24, 2.45) is 5.10 Å². The normalized spacial score (nSPS) is 11.5. The van der Waals surface area contributed by atoms with E-state index in [0.29, 0.717) is 15.9 Å². The van der Waals surface area contributed by atoms with Crippen molar-refractivity contribution < 1.29 is 4.79 Å². The van der Waals surface area contributed by atoms with Crippen LogP contribution in [0.2, 0.25) is 5.02 Å². The van der Waals surface area contributed by atoms with Crippen LogP contribution in [0, 0.1) is 6.92 Å². The Morgan fingerprint density at radius 3 is 2.96 bits per heavy atom. The number of rotatable bonds is 7. The second kappa shape index (κ2) is 9.09. The fourth-order valence-corrected chi connectivity index (χ4v) is 3.68. The largest absolute Gasteiger partial charge is 0.334 e. The molecule has 8 nitrogen and oxygen atoms in total. The highest BCUT2D eigenvalue weighted by molar-refractivity contribution is 7.99. The molecule has 0 bridgehead atoms. The summed E-state index contributed by atoms with van der Waals surface area (Å²) in [6.07, 6.45) is 0. The van der Waals surface area contributed by atoms with Gasteiger partial charge in [-0.25, -0.2) is 10.1 Å². The molecule has 4 N–H and O–H groups in total. The fraction of sp³-hybridized carbons (Fsp3) is 0.176.